The second kappa shape index (κ2) is 8.86. The Labute approximate surface area is 174 Å². The Morgan fingerprint density at radius 2 is 1.66 bits per heavy atom. The number of Topliss-reactive ketones (excluding diaryl/α,β-unsaturated/α-hetero) is 1. The van der Waals surface area contributed by atoms with Gasteiger partial charge >= 0.3 is 0 Å². The molecule has 0 unspecified atom stereocenters. The number of ketones is 1. The number of hydrogen-bond acceptors (Lipinski definition) is 3. The fraction of sp³-hybridized carbons (Fsp3) is 0.136. The first-order valence-electron chi connectivity index (χ1n) is 8.86. The van der Waals surface area contributed by atoms with Crippen molar-refractivity contribution in [3.05, 3.63) is 94.3 Å². The van der Waals surface area contributed by atoms with Crippen LogP contribution in [0.15, 0.2) is 66.7 Å². The molecule has 7 heteroatoms. The Morgan fingerprint density at radius 1 is 1.00 bits per heavy atom. The summed E-state index contributed by atoms with van der Waals surface area (Å²) in [6.07, 6.45) is 0. The Bertz CT molecular complexity index is 1130. The van der Waals surface area contributed by atoms with Crippen LogP contribution in [0.25, 0.3) is 11.1 Å². The summed E-state index contributed by atoms with van der Waals surface area (Å²) in [5.41, 5.74) is 2.24. The average Bonchev–Trinajstić information content (AvgIpc) is 2.70. The average molecular weight is 432 g/mol. The lowest BCUT2D eigenvalue weighted by Crippen LogP contribution is -2.31. The SMILES string of the molecule is Cc1cc(-c2ccccc2)cc(C(=O)CNS(=O)(=O)Cc2ccc(Cl)cc2)c1F. The second-order valence-electron chi connectivity index (χ2n) is 6.65. The van der Waals surface area contributed by atoms with Gasteiger partial charge in [-0.25, -0.2) is 17.5 Å². The van der Waals surface area contributed by atoms with Crippen molar-refractivity contribution < 1.29 is 17.6 Å². The van der Waals surface area contributed by atoms with Gasteiger partial charge in [0.2, 0.25) is 10.0 Å². The molecule has 0 saturated heterocycles. The van der Waals surface area contributed by atoms with E-state index in [0.29, 0.717) is 21.7 Å². The minimum Gasteiger partial charge on any atom is -0.293 e. The summed E-state index contributed by atoms with van der Waals surface area (Å²) in [5.74, 6) is -1.59. The van der Waals surface area contributed by atoms with Crippen LogP contribution >= 0.6 is 11.6 Å². The lowest BCUT2D eigenvalue weighted by Gasteiger charge is -2.11. The van der Waals surface area contributed by atoms with Gasteiger partial charge in [-0.2, -0.15) is 0 Å². The lowest BCUT2D eigenvalue weighted by atomic mass is 9.98. The van der Waals surface area contributed by atoms with E-state index in [1.54, 1.807) is 37.3 Å². The molecule has 3 rings (SSSR count). The first-order valence-corrected chi connectivity index (χ1v) is 10.9. The molecule has 0 heterocycles. The van der Waals surface area contributed by atoms with Crippen LogP contribution < -0.4 is 4.72 Å². The molecule has 3 aromatic rings. The summed E-state index contributed by atoms with van der Waals surface area (Å²) in [6, 6.07) is 18.7. The quantitative estimate of drug-likeness (QED) is 0.549. The number of sulfonamides is 1. The van der Waals surface area contributed by atoms with Gasteiger partial charge in [0.15, 0.2) is 5.78 Å². The van der Waals surface area contributed by atoms with Crippen LogP contribution in [0, 0.1) is 12.7 Å². The Kier molecular flexibility index (Phi) is 6.47. The van der Waals surface area contributed by atoms with Gasteiger partial charge < -0.3 is 0 Å². The third-order valence-corrected chi connectivity index (χ3v) is 5.93. The number of halogens is 2. The molecule has 0 aliphatic rings. The van der Waals surface area contributed by atoms with Crippen molar-refractivity contribution in [3.8, 4) is 11.1 Å². The largest absolute Gasteiger partial charge is 0.293 e. The van der Waals surface area contributed by atoms with Gasteiger partial charge in [0.05, 0.1) is 17.9 Å². The van der Waals surface area contributed by atoms with E-state index in [4.69, 9.17) is 11.6 Å². The fourth-order valence-electron chi connectivity index (χ4n) is 2.89. The van der Waals surface area contributed by atoms with E-state index in [2.05, 4.69) is 4.72 Å². The van der Waals surface area contributed by atoms with Crippen molar-refractivity contribution in [2.45, 2.75) is 12.7 Å². The number of carbonyl (C=O) groups excluding carboxylic acids is 1. The molecule has 3 aromatic carbocycles. The first kappa shape index (κ1) is 21.2. The standard InChI is InChI=1S/C22H19ClFNO3S/c1-15-11-18(17-5-3-2-4-6-17)12-20(22(15)24)21(26)13-25-29(27,28)14-16-7-9-19(23)10-8-16/h2-12,25H,13-14H2,1H3. The second-order valence-corrected chi connectivity index (χ2v) is 8.89. The molecule has 0 aliphatic heterocycles. The normalized spacial score (nSPS) is 11.4. The Hall–Kier alpha value is -2.54. The molecule has 150 valence electrons. The molecule has 0 saturated carbocycles. The number of carbonyl (C=O) groups is 1. The van der Waals surface area contributed by atoms with Gasteiger partial charge in [-0.3, -0.25) is 4.79 Å². The number of benzene rings is 3. The molecule has 0 bridgehead atoms. The van der Waals surface area contributed by atoms with E-state index in [9.17, 15) is 17.6 Å². The van der Waals surface area contributed by atoms with Crippen LogP contribution in [0.1, 0.15) is 21.5 Å². The van der Waals surface area contributed by atoms with Crippen molar-refractivity contribution in [1.29, 1.82) is 0 Å². The molecule has 0 fully saturated rings. The highest BCUT2D eigenvalue weighted by Gasteiger charge is 2.19. The lowest BCUT2D eigenvalue weighted by molar-refractivity contribution is 0.0993. The molecule has 0 aromatic heterocycles. The minimum absolute atomic E-state index is 0.141. The Balaban J connectivity index is 1.76. The third kappa shape index (κ3) is 5.50. The van der Waals surface area contributed by atoms with E-state index in [0.717, 1.165) is 5.56 Å². The predicted molar refractivity (Wildman–Crippen MR) is 113 cm³/mol. The van der Waals surface area contributed by atoms with Gasteiger partial charge in [0, 0.05) is 5.02 Å². The van der Waals surface area contributed by atoms with Crippen LogP contribution in [0.2, 0.25) is 5.02 Å². The van der Waals surface area contributed by atoms with Crippen molar-refractivity contribution >= 4 is 27.4 Å². The highest BCUT2D eigenvalue weighted by Crippen LogP contribution is 2.25. The zero-order valence-electron chi connectivity index (χ0n) is 15.7. The van der Waals surface area contributed by atoms with E-state index >= 15 is 0 Å². The van der Waals surface area contributed by atoms with Gasteiger partial charge in [-0.05, 0) is 53.4 Å². The van der Waals surface area contributed by atoms with E-state index in [1.807, 2.05) is 30.3 Å². The fourth-order valence-corrected chi connectivity index (χ4v) is 4.10. The maximum absolute atomic E-state index is 14.5. The highest BCUT2D eigenvalue weighted by atomic mass is 35.5. The molecule has 1 N–H and O–H groups in total. The Morgan fingerprint density at radius 3 is 2.31 bits per heavy atom. The molecule has 0 amide bonds. The number of nitrogens with one attached hydrogen (secondary N) is 1. The number of hydrogen-bond donors (Lipinski definition) is 1. The van der Waals surface area contributed by atoms with Crippen LogP contribution in [-0.2, 0) is 15.8 Å². The van der Waals surface area contributed by atoms with Crippen molar-refractivity contribution in [2.75, 3.05) is 6.54 Å². The van der Waals surface area contributed by atoms with E-state index < -0.39 is 28.2 Å². The molecular formula is C22H19ClFNO3S. The molecule has 0 atom stereocenters. The van der Waals surface area contributed by atoms with Crippen molar-refractivity contribution in [3.63, 3.8) is 0 Å². The highest BCUT2D eigenvalue weighted by molar-refractivity contribution is 7.88. The third-order valence-electron chi connectivity index (χ3n) is 4.38. The molecule has 0 aliphatic carbocycles. The van der Waals surface area contributed by atoms with Crippen LogP contribution in [0.3, 0.4) is 0 Å². The minimum atomic E-state index is -3.77. The summed E-state index contributed by atoms with van der Waals surface area (Å²) in [7, 11) is -3.77. The smallest absolute Gasteiger partial charge is 0.216 e. The van der Waals surface area contributed by atoms with Gasteiger partial charge in [-0.15, -0.1) is 0 Å². The van der Waals surface area contributed by atoms with Gasteiger partial charge in [0.25, 0.3) is 0 Å². The van der Waals surface area contributed by atoms with E-state index in [-0.39, 0.29) is 11.3 Å². The summed E-state index contributed by atoms with van der Waals surface area (Å²) in [5, 5.41) is 0.499. The summed E-state index contributed by atoms with van der Waals surface area (Å²) < 4.78 is 41.3. The topological polar surface area (TPSA) is 63.2 Å². The predicted octanol–water partition coefficient (Wildman–Crippen LogP) is 4.76. The summed E-state index contributed by atoms with van der Waals surface area (Å²) in [6.45, 7) is 1.05. The molecule has 0 spiro atoms. The maximum atomic E-state index is 14.5. The maximum Gasteiger partial charge on any atom is 0.216 e. The van der Waals surface area contributed by atoms with Gasteiger partial charge in [-0.1, -0.05) is 54.1 Å². The zero-order chi connectivity index (χ0) is 21.0. The zero-order valence-corrected chi connectivity index (χ0v) is 17.2. The number of aryl methyl sites for hydroxylation is 1. The van der Waals surface area contributed by atoms with Crippen molar-refractivity contribution in [2.24, 2.45) is 0 Å². The van der Waals surface area contributed by atoms with Crippen LogP contribution in [0.4, 0.5) is 4.39 Å². The molecule has 0 radical (unpaired) electrons. The van der Waals surface area contributed by atoms with E-state index in [1.165, 1.54) is 6.07 Å². The van der Waals surface area contributed by atoms with Gasteiger partial charge in [0.1, 0.15) is 5.82 Å². The summed E-state index contributed by atoms with van der Waals surface area (Å²) >= 11 is 5.79. The number of rotatable bonds is 7. The molecular weight excluding hydrogens is 413 g/mol. The molecule has 29 heavy (non-hydrogen) atoms. The monoisotopic (exact) mass is 431 g/mol. The molecule has 4 nitrogen and oxygen atoms in total. The van der Waals surface area contributed by atoms with Crippen LogP contribution in [0.5, 0.6) is 0 Å². The van der Waals surface area contributed by atoms with Crippen LogP contribution in [-0.4, -0.2) is 20.7 Å². The summed E-state index contributed by atoms with van der Waals surface area (Å²) in [4.78, 5) is 12.6. The van der Waals surface area contributed by atoms with Crippen molar-refractivity contribution in [1.82, 2.24) is 4.72 Å². The first-order chi connectivity index (χ1) is 13.7.